The number of nitrogens with two attached hydrogens (primary N) is 1. The summed E-state index contributed by atoms with van der Waals surface area (Å²) in [7, 11) is 0. The third kappa shape index (κ3) is 3.46. The average molecular weight is 272 g/mol. The van der Waals surface area contributed by atoms with E-state index in [1.807, 2.05) is 12.4 Å². The van der Waals surface area contributed by atoms with Crippen LogP contribution in [0.1, 0.15) is 42.8 Å². The molecule has 4 heteroatoms. The van der Waals surface area contributed by atoms with Crippen LogP contribution in [-0.4, -0.2) is 9.55 Å². The summed E-state index contributed by atoms with van der Waals surface area (Å²) in [6, 6.07) is 8.59. The highest BCUT2D eigenvalue weighted by molar-refractivity contribution is 5.25. The molecule has 2 aromatic rings. The van der Waals surface area contributed by atoms with Gasteiger partial charge >= 0.3 is 0 Å². The molecule has 1 atom stereocenters. The largest absolute Gasteiger partial charge is 0.334 e. The molecule has 20 heavy (non-hydrogen) atoms. The smallest absolute Gasteiger partial charge is 0.127 e. The van der Waals surface area contributed by atoms with E-state index in [9.17, 15) is 0 Å². The van der Waals surface area contributed by atoms with Crippen LogP contribution in [0.15, 0.2) is 36.7 Å². The number of imidazole rings is 1. The van der Waals surface area contributed by atoms with Gasteiger partial charge in [-0.3, -0.25) is 5.84 Å². The average Bonchev–Trinajstić information content (AvgIpc) is 2.90. The molecule has 108 valence electrons. The summed E-state index contributed by atoms with van der Waals surface area (Å²) < 4.78 is 2.18. The molecule has 0 spiro atoms. The first-order valence-electron chi connectivity index (χ1n) is 7.28. The van der Waals surface area contributed by atoms with Crippen LogP contribution in [-0.2, 0) is 13.0 Å². The Bertz CT molecular complexity index is 533. The van der Waals surface area contributed by atoms with Gasteiger partial charge in [0.2, 0.25) is 0 Å². The van der Waals surface area contributed by atoms with Crippen molar-refractivity contribution in [3.63, 3.8) is 0 Å². The summed E-state index contributed by atoms with van der Waals surface area (Å²) >= 11 is 0. The molecule has 0 saturated carbocycles. The Hall–Kier alpha value is -1.65. The van der Waals surface area contributed by atoms with Crippen molar-refractivity contribution in [3.8, 4) is 0 Å². The number of hydrogen-bond acceptors (Lipinski definition) is 3. The van der Waals surface area contributed by atoms with Gasteiger partial charge in [-0.05, 0) is 37.3 Å². The minimum absolute atomic E-state index is 0.0937. The lowest BCUT2D eigenvalue weighted by molar-refractivity contribution is 0.463. The van der Waals surface area contributed by atoms with Crippen LogP contribution in [0.25, 0.3) is 0 Å². The molecular weight excluding hydrogens is 248 g/mol. The van der Waals surface area contributed by atoms with E-state index in [2.05, 4.69) is 53.1 Å². The Kier molecular flexibility index (Phi) is 5.32. The summed E-state index contributed by atoms with van der Waals surface area (Å²) in [6.07, 6.45) is 6.92. The van der Waals surface area contributed by atoms with Crippen LogP contribution in [0.2, 0.25) is 0 Å². The van der Waals surface area contributed by atoms with E-state index in [1.54, 1.807) is 0 Å². The van der Waals surface area contributed by atoms with Crippen molar-refractivity contribution in [1.29, 1.82) is 0 Å². The molecule has 1 heterocycles. The van der Waals surface area contributed by atoms with Crippen LogP contribution in [0, 0.1) is 6.92 Å². The van der Waals surface area contributed by atoms with Crippen LogP contribution >= 0.6 is 0 Å². The maximum Gasteiger partial charge on any atom is 0.127 e. The van der Waals surface area contributed by atoms with Crippen molar-refractivity contribution in [1.82, 2.24) is 15.0 Å². The molecule has 0 amide bonds. The van der Waals surface area contributed by atoms with E-state index < -0.39 is 0 Å². The molecule has 0 aliphatic heterocycles. The second-order valence-corrected chi connectivity index (χ2v) is 5.16. The second-order valence-electron chi connectivity index (χ2n) is 5.16. The van der Waals surface area contributed by atoms with Crippen molar-refractivity contribution in [2.24, 2.45) is 5.84 Å². The molecule has 1 unspecified atom stereocenters. The SMILES string of the molecule is CCCn1ccnc1C(CCc1ccccc1C)NN. The van der Waals surface area contributed by atoms with Crippen molar-refractivity contribution in [2.45, 2.75) is 45.7 Å². The summed E-state index contributed by atoms with van der Waals surface area (Å²) in [4.78, 5) is 4.46. The quantitative estimate of drug-likeness (QED) is 0.602. The zero-order valence-electron chi connectivity index (χ0n) is 12.3. The first kappa shape index (κ1) is 14.8. The first-order valence-corrected chi connectivity index (χ1v) is 7.28. The number of rotatable bonds is 7. The fraction of sp³-hybridized carbons (Fsp3) is 0.438. The number of aryl methyl sites for hydroxylation is 3. The lowest BCUT2D eigenvalue weighted by atomic mass is 10.0. The lowest BCUT2D eigenvalue weighted by Gasteiger charge is -2.17. The lowest BCUT2D eigenvalue weighted by Crippen LogP contribution is -2.30. The highest BCUT2D eigenvalue weighted by Gasteiger charge is 2.15. The standard InChI is InChI=1S/C16H24N4/c1-3-11-20-12-10-18-16(20)15(19-17)9-8-14-7-5-4-6-13(14)2/h4-7,10,12,15,19H,3,8-9,11,17H2,1-2H3. The summed E-state index contributed by atoms with van der Waals surface area (Å²) in [6.45, 7) is 5.30. The van der Waals surface area contributed by atoms with E-state index >= 15 is 0 Å². The number of hydrazine groups is 1. The normalized spacial score (nSPS) is 12.6. The number of aromatic nitrogens is 2. The predicted octanol–water partition coefficient (Wildman–Crippen LogP) is 2.74. The molecule has 2 rings (SSSR count). The summed E-state index contributed by atoms with van der Waals surface area (Å²) in [5.41, 5.74) is 5.62. The molecule has 0 saturated heterocycles. The molecule has 0 aliphatic rings. The Morgan fingerprint density at radius 3 is 2.85 bits per heavy atom. The van der Waals surface area contributed by atoms with E-state index in [0.29, 0.717) is 0 Å². The zero-order chi connectivity index (χ0) is 14.4. The van der Waals surface area contributed by atoms with Gasteiger partial charge in [-0.2, -0.15) is 0 Å². The van der Waals surface area contributed by atoms with Gasteiger partial charge in [0.25, 0.3) is 0 Å². The molecule has 0 fully saturated rings. The third-order valence-electron chi connectivity index (χ3n) is 3.69. The number of nitrogens with one attached hydrogen (secondary N) is 1. The Morgan fingerprint density at radius 1 is 1.35 bits per heavy atom. The molecule has 1 aromatic heterocycles. The Morgan fingerprint density at radius 2 is 2.15 bits per heavy atom. The second kappa shape index (κ2) is 7.22. The molecule has 4 nitrogen and oxygen atoms in total. The molecule has 0 aliphatic carbocycles. The summed E-state index contributed by atoms with van der Waals surface area (Å²) in [5.74, 6) is 6.76. The Balaban J connectivity index is 2.06. The molecule has 3 N–H and O–H groups in total. The van der Waals surface area contributed by atoms with Gasteiger partial charge in [-0.1, -0.05) is 31.2 Å². The van der Waals surface area contributed by atoms with Gasteiger partial charge in [0.1, 0.15) is 5.82 Å². The van der Waals surface area contributed by atoms with Gasteiger partial charge in [0, 0.05) is 18.9 Å². The number of nitrogens with zero attached hydrogens (tertiary/aromatic N) is 2. The first-order chi connectivity index (χ1) is 9.76. The van der Waals surface area contributed by atoms with Crippen molar-refractivity contribution in [3.05, 3.63) is 53.6 Å². The molecule has 1 aromatic carbocycles. The van der Waals surface area contributed by atoms with Crippen LogP contribution < -0.4 is 11.3 Å². The van der Waals surface area contributed by atoms with E-state index in [1.165, 1.54) is 11.1 Å². The fourth-order valence-electron chi connectivity index (χ4n) is 2.54. The maximum atomic E-state index is 5.73. The molecule has 0 bridgehead atoms. The van der Waals surface area contributed by atoms with Gasteiger partial charge < -0.3 is 4.57 Å². The van der Waals surface area contributed by atoms with E-state index in [-0.39, 0.29) is 6.04 Å². The van der Waals surface area contributed by atoms with Crippen molar-refractivity contribution < 1.29 is 0 Å². The third-order valence-corrected chi connectivity index (χ3v) is 3.69. The molecular formula is C16H24N4. The highest BCUT2D eigenvalue weighted by atomic mass is 15.3. The minimum Gasteiger partial charge on any atom is -0.334 e. The number of hydrogen-bond donors (Lipinski definition) is 2. The van der Waals surface area contributed by atoms with Gasteiger partial charge in [-0.15, -0.1) is 0 Å². The monoisotopic (exact) mass is 272 g/mol. The van der Waals surface area contributed by atoms with Crippen LogP contribution in [0.5, 0.6) is 0 Å². The van der Waals surface area contributed by atoms with Gasteiger partial charge in [0.15, 0.2) is 0 Å². The van der Waals surface area contributed by atoms with Crippen LogP contribution in [0.4, 0.5) is 0 Å². The summed E-state index contributed by atoms with van der Waals surface area (Å²) in [5, 5.41) is 0. The predicted molar refractivity (Wildman–Crippen MR) is 82.1 cm³/mol. The fourth-order valence-corrected chi connectivity index (χ4v) is 2.54. The zero-order valence-corrected chi connectivity index (χ0v) is 12.3. The van der Waals surface area contributed by atoms with Gasteiger partial charge in [-0.25, -0.2) is 10.4 Å². The van der Waals surface area contributed by atoms with Crippen molar-refractivity contribution >= 4 is 0 Å². The minimum atomic E-state index is 0.0937. The maximum absolute atomic E-state index is 5.73. The van der Waals surface area contributed by atoms with Crippen molar-refractivity contribution in [2.75, 3.05) is 0 Å². The van der Waals surface area contributed by atoms with E-state index in [4.69, 9.17) is 5.84 Å². The van der Waals surface area contributed by atoms with E-state index in [0.717, 1.165) is 31.6 Å². The topological polar surface area (TPSA) is 55.9 Å². The molecule has 0 radical (unpaired) electrons. The number of benzene rings is 1. The Labute approximate surface area is 121 Å². The van der Waals surface area contributed by atoms with Crippen LogP contribution in [0.3, 0.4) is 0 Å². The highest BCUT2D eigenvalue weighted by Crippen LogP contribution is 2.19. The van der Waals surface area contributed by atoms with Gasteiger partial charge in [0.05, 0.1) is 6.04 Å².